The molecule has 1 aromatic rings. The van der Waals surface area contributed by atoms with E-state index in [1.165, 1.54) is 0 Å². The summed E-state index contributed by atoms with van der Waals surface area (Å²) in [6.45, 7) is 0. The smallest absolute Gasteiger partial charge is 0.262 e. The molecule has 1 N–H and O–H groups in total. The van der Waals surface area contributed by atoms with E-state index < -0.39 is 11.6 Å². The zero-order valence-electron chi connectivity index (χ0n) is 8.59. The minimum absolute atomic E-state index is 0.315. The van der Waals surface area contributed by atoms with Crippen LogP contribution in [0.25, 0.3) is 0 Å². The molecule has 3 rings (SSSR count). The van der Waals surface area contributed by atoms with Crippen LogP contribution < -0.4 is 5.32 Å². The fourth-order valence-electron chi connectivity index (χ4n) is 2.80. The van der Waals surface area contributed by atoms with Gasteiger partial charge in [-0.1, -0.05) is 11.6 Å². The summed E-state index contributed by atoms with van der Waals surface area (Å²) in [7, 11) is 0. The number of hydrogen-bond donors (Lipinski definition) is 1. The number of hydrogen-bond acceptors (Lipinski definition) is 1. The zero-order chi connectivity index (χ0) is 11.3. The lowest BCUT2D eigenvalue weighted by Gasteiger charge is -2.33. The van der Waals surface area contributed by atoms with Crippen LogP contribution in [0, 0.1) is 0 Å². The van der Waals surface area contributed by atoms with Crippen molar-refractivity contribution in [1.29, 1.82) is 0 Å². The molecule has 1 saturated carbocycles. The van der Waals surface area contributed by atoms with E-state index in [1.807, 2.05) is 0 Å². The highest BCUT2D eigenvalue weighted by Crippen LogP contribution is 2.51. The van der Waals surface area contributed by atoms with Crippen molar-refractivity contribution in [3.05, 3.63) is 28.8 Å². The monoisotopic (exact) mass is 239 g/mol. The lowest BCUT2D eigenvalue weighted by Crippen LogP contribution is -2.44. The number of alkyl halides is 1. The lowest BCUT2D eigenvalue weighted by atomic mass is 9.82. The molecule has 0 spiro atoms. The first-order valence-corrected chi connectivity index (χ1v) is 5.79. The van der Waals surface area contributed by atoms with Crippen LogP contribution in [-0.4, -0.2) is 11.6 Å². The third-order valence-corrected chi connectivity index (χ3v) is 3.84. The number of anilines is 1. The van der Waals surface area contributed by atoms with E-state index in [-0.39, 0.29) is 5.92 Å². The number of carbonyl (C=O) groups excluding carboxylic acids is 1. The molecule has 84 valence electrons. The number of fused-ring (bicyclic) bond motifs is 3. The van der Waals surface area contributed by atoms with Gasteiger partial charge in [-0.2, -0.15) is 0 Å². The summed E-state index contributed by atoms with van der Waals surface area (Å²) >= 11 is 5.91. The first-order chi connectivity index (χ1) is 7.61. The summed E-state index contributed by atoms with van der Waals surface area (Å²) in [5.74, 6) is -0.820. The minimum Gasteiger partial charge on any atom is -0.323 e. The number of nitrogens with one attached hydrogen (secondary N) is 1. The molecule has 1 fully saturated rings. The second-order valence-corrected chi connectivity index (χ2v) is 4.93. The van der Waals surface area contributed by atoms with Gasteiger partial charge in [-0.3, -0.25) is 4.79 Å². The standard InChI is InChI=1S/C12H11ClFNO/c13-7-3-4-10-8(6-7)9-2-1-5-12(9,14)11(16)15-10/h3-4,6,9H,1-2,5H2,(H,15,16). The third kappa shape index (κ3) is 1.21. The molecule has 1 aromatic carbocycles. The van der Waals surface area contributed by atoms with E-state index in [0.717, 1.165) is 18.4 Å². The molecule has 0 saturated heterocycles. The Morgan fingerprint density at radius 3 is 3.12 bits per heavy atom. The number of carbonyl (C=O) groups is 1. The highest BCUT2D eigenvalue weighted by atomic mass is 35.5. The number of benzene rings is 1. The zero-order valence-corrected chi connectivity index (χ0v) is 9.35. The van der Waals surface area contributed by atoms with Gasteiger partial charge in [-0.05, 0) is 43.0 Å². The summed E-state index contributed by atoms with van der Waals surface area (Å²) in [4.78, 5) is 11.7. The molecule has 1 amide bonds. The topological polar surface area (TPSA) is 29.1 Å². The molecule has 0 aromatic heterocycles. The molecule has 2 unspecified atom stereocenters. The van der Waals surface area contributed by atoms with Crippen LogP contribution in [0.1, 0.15) is 30.7 Å². The Labute approximate surface area is 97.8 Å². The second-order valence-electron chi connectivity index (χ2n) is 4.49. The van der Waals surface area contributed by atoms with Crippen molar-refractivity contribution in [3.8, 4) is 0 Å². The summed E-state index contributed by atoms with van der Waals surface area (Å²) in [5, 5.41) is 3.21. The average Bonchev–Trinajstić information content (AvgIpc) is 2.64. The Balaban J connectivity index is 2.17. The quantitative estimate of drug-likeness (QED) is 0.740. The number of amides is 1. The first kappa shape index (κ1) is 10.1. The van der Waals surface area contributed by atoms with E-state index >= 15 is 0 Å². The SMILES string of the molecule is O=C1Nc2ccc(Cl)cc2C2CCCC12F. The van der Waals surface area contributed by atoms with Crippen molar-refractivity contribution in [1.82, 2.24) is 0 Å². The fourth-order valence-corrected chi connectivity index (χ4v) is 2.98. The van der Waals surface area contributed by atoms with E-state index in [9.17, 15) is 9.18 Å². The van der Waals surface area contributed by atoms with Crippen LogP contribution in [0.4, 0.5) is 10.1 Å². The molecule has 1 heterocycles. The molecule has 4 heteroatoms. The summed E-state index contributed by atoms with van der Waals surface area (Å²) in [6.07, 6.45) is 1.78. The molecule has 0 bridgehead atoms. The molecule has 2 aliphatic rings. The van der Waals surface area contributed by atoms with Crippen molar-refractivity contribution in [2.75, 3.05) is 5.32 Å². The number of halogens is 2. The molecular weight excluding hydrogens is 229 g/mol. The molecule has 1 aliphatic carbocycles. The fraction of sp³-hybridized carbons (Fsp3) is 0.417. The van der Waals surface area contributed by atoms with E-state index in [4.69, 9.17) is 11.6 Å². The van der Waals surface area contributed by atoms with Crippen LogP contribution in [0.3, 0.4) is 0 Å². The van der Waals surface area contributed by atoms with E-state index in [1.54, 1.807) is 18.2 Å². The van der Waals surface area contributed by atoms with Gasteiger partial charge in [0.2, 0.25) is 0 Å². The summed E-state index contributed by atoms with van der Waals surface area (Å²) in [6, 6.07) is 5.22. The predicted octanol–water partition coefficient (Wildman–Crippen LogP) is 3.27. The van der Waals surface area contributed by atoms with E-state index in [2.05, 4.69) is 5.32 Å². The van der Waals surface area contributed by atoms with Gasteiger partial charge in [0.05, 0.1) is 0 Å². The van der Waals surface area contributed by atoms with Gasteiger partial charge in [0, 0.05) is 16.6 Å². The molecule has 0 radical (unpaired) electrons. The lowest BCUT2D eigenvalue weighted by molar-refractivity contribution is -0.128. The van der Waals surface area contributed by atoms with Gasteiger partial charge in [0.15, 0.2) is 5.67 Å². The van der Waals surface area contributed by atoms with Crippen LogP contribution in [0.5, 0.6) is 0 Å². The molecule has 2 atom stereocenters. The molecule has 2 nitrogen and oxygen atoms in total. The largest absolute Gasteiger partial charge is 0.323 e. The third-order valence-electron chi connectivity index (χ3n) is 3.60. The normalized spacial score (nSPS) is 31.9. The van der Waals surface area contributed by atoms with Crippen LogP contribution in [0.15, 0.2) is 18.2 Å². The highest BCUT2D eigenvalue weighted by molar-refractivity contribution is 6.30. The second kappa shape index (κ2) is 3.20. The first-order valence-electron chi connectivity index (χ1n) is 5.41. The van der Waals surface area contributed by atoms with Gasteiger partial charge in [0.25, 0.3) is 5.91 Å². The van der Waals surface area contributed by atoms with Crippen LogP contribution in [0.2, 0.25) is 5.02 Å². The maximum atomic E-state index is 14.5. The maximum Gasteiger partial charge on any atom is 0.262 e. The van der Waals surface area contributed by atoms with Gasteiger partial charge < -0.3 is 5.32 Å². The molecular formula is C12H11ClFNO. The van der Waals surface area contributed by atoms with Crippen molar-refractivity contribution in [2.45, 2.75) is 30.8 Å². The Bertz CT molecular complexity index is 476. The van der Waals surface area contributed by atoms with E-state index in [0.29, 0.717) is 17.1 Å². The van der Waals surface area contributed by atoms with Crippen molar-refractivity contribution < 1.29 is 9.18 Å². The molecule has 16 heavy (non-hydrogen) atoms. The Hall–Kier alpha value is -1.09. The molecule has 1 aliphatic heterocycles. The summed E-state index contributed by atoms with van der Waals surface area (Å²) < 4.78 is 14.5. The Kier molecular flexibility index (Phi) is 2.02. The van der Waals surface area contributed by atoms with Crippen molar-refractivity contribution in [2.24, 2.45) is 0 Å². The van der Waals surface area contributed by atoms with Gasteiger partial charge >= 0.3 is 0 Å². The Morgan fingerprint density at radius 1 is 1.50 bits per heavy atom. The van der Waals surface area contributed by atoms with Crippen LogP contribution in [-0.2, 0) is 4.79 Å². The summed E-state index contributed by atoms with van der Waals surface area (Å²) in [5.41, 5.74) is -0.181. The average molecular weight is 240 g/mol. The number of rotatable bonds is 0. The van der Waals surface area contributed by atoms with Gasteiger partial charge in [-0.15, -0.1) is 0 Å². The Morgan fingerprint density at radius 2 is 2.31 bits per heavy atom. The van der Waals surface area contributed by atoms with Gasteiger partial charge in [0.1, 0.15) is 0 Å². The van der Waals surface area contributed by atoms with Gasteiger partial charge in [-0.25, -0.2) is 4.39 Å². The predicted molar refractivity (Wildman–Crippen MR) is 60.5 cm³/mol. The maximum absolute atomic E-state index is 14.5. The highest BCUT2D eigenvalue weighted by Gasteiger charge is 2.53. The van der Waals surface area contributed by atoms with Crippen molar-refractivity contribution >= 4 is 23.2 Å². The minimum atomic E-state index is -1.72. The van der Waals surface area contributed by atoms with Crippen molar-refractivity contribution in [3.63, 3.8) is 0 Å². The van der Waals surface area contributed by atoms with Crippen LogP contribution >= 0.6 is 11.6 Å².